The molecule has 1 aliphatic heterocycles. The summed E-state index contributed by atoms with van der Waals surface area (Å²) in [6, 6.07) is 58.4. The summed E-state index contributed by atoms with van der Waals surface area (Å²) >= 11 is 0. The molecular weight excluding hydrogens is 585 g/mol. The number of benzene rings is 7. The van der Waals surface area contributed by atoms with Crippen molar-refractivity contribution in [3.05, 3.63) is 186 Å². The molecule has 3 nitrogen and oxygen atoms in total. The summed E-state index contributed by atoms with van der Waals surface area (Å²) < 4.78 is 9.04. The molecule has 0 spiro atoms. The molecule has 7 aromatic carbocycles. The molecule has 3 heterocycles. The Morgan fingerprint density at radius 2 is 1.23 bits per heavy atom. The first-order valence-electron chi connectivity index (χ1n) is 16.6. The van der Waals surface area contributed by atoms with Crippen molar-refractivity contribution in [2.45, 2.75) is 12.5 Å². The third-order valence-electron chi connectivity index (χ3n) is 9.93. The highest BCUT2D eigenvalue weighted by Crippen LogP contribution is 2.41. The predicted molar refractivity (Wildman–Crippen MR) is 198 cm³/mol. The van der Waals surface area contributed by atoms with Crippen LogP contribution in [0.25, 0.3) is 60.6 Å². The quantitative estimate of drug-likeness (QED) is 0.194. The molecule has 0 N–H and O–H groups in total. The van der Waals surface area contributed by atoms with Gasteiger partial charge in [-0.2, -0.15) is 0 Å². The highest BCUT2D eigenvalue weighted by Gasteiger charge is 2.26. The van der Waals surface area contributed by atoms with Gasteiger partial charge in [-0.1, -0.05) is 127 Å². The number of furan rings is 1. The maximum Gasteiger partial charge on any atom is 0.137 e. The minimum Gasteiger partial charge on any atom is -0.456 e. The Labute approximate surface area is 278 Å². The van der Waals surface area contributed by atoms with E-state index in [9.17, 15) is 0 Å². The molecule has 0 radical (unpaired) electrons. The average molecular weight is 615 g/mol. The summed E-state index contributed by atoms with van der Waals surface area (Å²) in [5.74, 6) is 0. The molecule has 1 aliphatic rings. The van der Waals surface area contributed by atoms with Gasteiger partial charge in [0.2, 0.25) is 0 Å². The Morgan fingerprint density at radius 3 is 2.12 bits per heavy atom. The number of hydrogen-bond acceptors (Lipinski definition) is 2. The van der Waals surface area contributed by atoms with Gasteiger partial charge in [0.15, 0.2) is 0 Å². The minimum absolute atomic E-state index is 0.0622. The van der Waals surface area contributed by atoms with Crippen LogP contribution in [0.4, 0.5) is 0 Å². The lowest BCUT2D eigenvalue weighted by atomic mass is 9.87. The fourth-order valence-corrected chi connectivity index (χ4v) is 7.80. The first kappa shape index (κ1) is 27.0. The normalized spacial score (nSPS) is 14.5. The molecule has 0 fully saturated rings. The van der Waals surface area contributed by atoms with Gasteiger partial charge in [-0.05, 0) is 59.0 Å². The first-order valence-corrected chi connectivity index (χ1v) is 16.6. The van der Waals surface area contributed by atoms with Gasteiger partial charge in [-0.15, -0.1) is 0 Å². The van der Waals surface area contributed by atoms with Crippen molar-refractivity contribution in [1.82, 2.24) is 4.57 Å². The van der Waals surface area contributed by atoms with Crippen LogP contribution >= 0.6 is 0 Å². The molecule has 1 atom stereocenters. The summed E-state index contributed by atoms with van der Waals surface area (Å²) in [6.45, 7) is 0. The van der Waals surface area contributed by atoms with Gasteiger partial charge in [0, 0.05) is 44.4 Å². The standard InChI is InChI=1S/C45H30N2O/c1-3-13-29(14-4-1)33-20-11-23-40-43(33)35-19-9-10-22-39(35)47(40)32-25-26-36-42(28-32)48-41-24-12-21-37(44(36)41)45-34-18-8-7-17-31(34)27-38(46-45)30-15-5-2-6-16-30/h1-26,28,38H,27H2. The van der Waals surface area contributed by atoms with Crippen LogP contribution in [0.2, 0.25) is 0 Å². The lowest BCUT2D eigenvalue weighted by molar-refractivity contribution is 0.668. The molecule has 226 valence electrons. The van der Waals surface area contributed by atoms with Crippen LogP contribution in [0, 0.1) is 0 Å². The van der Waals surface area contributed by atoms with Crippen molar-refractivity contribution in [1.29, 1.82) is 0 Å². The van der Waals surface area contributed by atoms with Crippen molar-refractivity contribution in [2.75, 3.05) is 0 Å². The molecule has 0 saturated carbocycles. The van der Waals surface area contributed by atoms with Gasteiger partial charge in [-0.25, -0.2) is 0 Å². The zero-order chi connectivity index (χ0) is 31.6. The predicted octanol–water partition coefficient (Wildman–Crippen LogP) is 11.5. The van der Waals surface area contributed by atoms with E-state index in [1.165, 1.54) is 49.6 Å². The largest absolute Gasteiger partial charge is 0.456 e. The van der Waals surface area contributed by atoms with Gasteiger partial charge in [-0.3, -0.25) is 4.99 Å². The monoisotopic (exact) mass is 614 g/mol. The Bertz CT molecular complexity index is 2700. The lowest BCUT2D eigenvalue weighted by Crippen LogP contribution is -2.17. The van der Waals surface area contributed by atoms with Gasteiger partial charge < -0.3 is 8.98 Å². The van der Waals surface area contributed by atoms with E-state index < -0.39 is 0 Å². The third kappa shape index (κ3) is 4.11. The Hall–Kier alpha value is -6.19. The lowest BCUT2D eigenvalue weighted by Gasteiger charge is -2.24. The smallest absolute Gasteiger partial charge is 0.137 e. The highest BCUT2D eigenvalue weighted by atomic mass is 16.3. The molecule has 0 aliphatic carbocycles. The molecule has 0 amide bonds. The molecule has 48 heavy (non-hydrogen) atoms. The van der Waals surface area contributed by atoms with Crippen LogP contribution < -0.4 is 0 Å². The maximum atomic E-state index is 6.67. The van der Waals surface area contributed by atoms with Gasteiger partial charge in [0.1, 0.15) is 11.2 Å². The Kier molecular flexibility index (Phi) is 6.00. The van der Waals surface area contributed by atoms with E-state index >= 15 is 0 Å². The van der Waals surface area contributed by atoms with Crippen molar-refractivity contribution in [3.8, 4) is 16.8 Å². The van der Waals surface area contributed by atoms with E-state index in [-0.39, 0.29) is 6.04 Å². The molecule has 10 rings (SSSR count). The maximum absolute atomic E-state index is 6.67. The Morgan fingerprint density at radius 1 is 0.521 bits per heavy atom. The van der Waals surface area contributed by atoms with Crippen molar-refractivity contribution in [3.63, 3.8) is 0 Å². The molecule has 2 aromatic heterocycles. The zero-order valence-electron chi connectivity index (χ0n) is 26.2. The molecule has 0 saturated heterocycles. The number of aliphatic imine (C=N–C) groups is 1. The molecule has 0 bridgehead atoms. The van der Waals surface area contributed by atoms with E-state index in [4.69, 9.17) is 9.41 Å². The zero-order valence-corrected chi connectivity index (χ0v) is 26.2. The van der Waals surface area contributed by atoms with E-state index in [0.717, 1.165) is 45.3 Å². The van der Waals surface area contributed by atoms with Crippen LogP contribution in [0.5, 0.6) is 0 Å². The number of para-hydroxylation sites is 1. The second-order valence-corrected chi connectivity index (χ2v) is 12.6. The van der Waals surface area contributed by atoms with Gasteiger partial charge in [0.05, 0.1) is 22.8 Å². The number of rotatable bonds is 4. The van der Waals surface area contributed by atoms with Crippen molar-refractivity contribution >= 4 is 49.5 Å². The summed E-state index contributed by atoms with van der Waals surface area (Å²) in [5, 5.41) is 4.70. The summed E-state index contributed by atoms with van der Waals surface area (Å²) in [5.41, 5.74) is 13.5. The number of aromatic nitrogens is 1. The van der Waals surface area contributed by atoms with Crippen LogP contribution in [0.15, 0.2) is 173 Å². The van der Waals surface area contributed by atoms with Crippen LogP contribution in [0.1, 0.15) is 28.3 Å². The fraction of sp³-hybridized carbons (Fsp3) is 0.0444. The number of nitrogens with zero attached hydrogens (tertiary/aromatic N) is 2. The summed E-state index contributed by atoms with van der Waals surface area (Å²) in [4.78, 5) is 5.43. The average Bonchev–Trinajstić information content (AvgIpc) is 3.70. The van der Waals surface area contributed by atoms with E-state index in [0.29, 0.717) is 0 Å². The topological polar surface area (TPSA) is 30.4 Å². The van der Waals surface area contributed by atoms with Crippen LogP contribution in [-0.4, -0.2) is 10.3 Å². The van der Waals surface area contributed by atoms with Gasteiger partial charge in [0.25, 0.3) is 0 Å². The molecule has 3 heteroatoms. The SMILES string of the molecule is c1ccc(-c2cccc3c2c2ccccc2n3-c2ccc3c(c2)oc2cccc(C4=NC(c5ccccc5)Cc5ccccc54)c23)cc1. The molecule has 1 unspecified atom stereocenters. The molecule has 9 aromatic rings. The summed E-state index contributed by atoms with van der Waals surface area (Å²) in [7, 11) is 0. The third-order valence-corrected chi connectivity index (χ3v) is 9.93. The second-order valence-electron chi connectivity index (χ2n) is 12.6. The highest BCUT2D eigenvalue weighted by molar-refractivity contribution is 6.25. The van der Waals surface area contributed by atoms with Crippen molar-refractivity contribution < 1.29 is 4.42 Å². The molecular formula is C45H30N2O. The van der Waals surface area contributed by atoms with E-state index in [2.05, 4.69) is 168 Å². The Balaban J connectivity index is 1.18. The number of fused-ring (bicyclic) bond motifs is 7. The van der Waals surface area contributed by atoms with Crippen LogP contribution in [0.3, 0.4) is 0 Å². The number of hydrogen-bond donors (Lipinski definition) is 0. The fourth-order valence-electron chi connectivity index (χ4n) is 7.80. The first-order chi connectivity index (χ1) is 23.8. The van der Waals surface area contributed by atoms with Gasteiger partial charge >= 0.3 is 0 Å². The van der Waals surface area contributed by atoms with Crippen molar-refractivity contribution in [2.24, 2.45) is 4.99 Å². The summed E-state index contributed by atoms with van der Waals surface area (Å²) in [6.07, 6.45) is 0.889. The van der Waals surface area contributed by atoms with Crippen LogP contribution in [-0.2, 0) is 6.42 Å². The second kappa shape index (κ2) is 10.7. The minimum atomic E-state index is 0.0622. The van der Waals surface area contributed by atoms with E-state index in [1.54, 1.807) is 0 Å². The van der Waals surface area contributed by atoms with E-state index in [1.807, 2.05) is 0 Å².